The number of rotatable bonds is 6. The van der Waals surface area contributed by atoms with Gasteiger partial charge in [0.1, 0.15) is 0 Å². The third-order valence-electron chi connectivity index (χ3n) is 2.16. The zero-order chi connectivity index (χ0) is 12.0. The molecule has 0 aliphatic heterocycles. The number of hydrogen-bond donors (Lipinski definition) is 1. The predicted octanol–water partition coefficient (Wildman–Crippen LogP) is 1.57. The van der Waals surface area contributed by atoms with Gasteiger partial charge < -0.3 is 15.4 Å². The van der Waals surface area contributed by atoms with Gasteiger partial charge in [0.15, 0.2) is 5.82 Å². The molecule has 0 radical (unpaired) electrons. The number of nitrogens with two attached hydrogens (primary N) is 1. The van der Waals surface area contributed by atoms with Crippen LogP contribution in [0.2, 0.25) is 5.28 Å². The number of halogens is 1. The second-order valence-electron chi connectivity index (χ2n) is 3.19. The van der Waals surface area contributed by atoms with Gasteiger partial charge in [-0.1, -0.05) is 0 Å². The summed E-state index contributed by atoms with van der Waals surface area (Å²) >= 11 is 5.74. The van der Waals surface area contributed by atoms with Crippen molar-refractivity contribution in [3.05, 3.63) is 11.5 Å². The molecule has 0 bridgehead atoms. The highest BCUT2D eigenvalue weighted by Crippen LogP contribution is 2.20. The largest absolute Gasteiger partial charge is 0.394 e. The summed E-state index contributed by atoms with van der Waals surface area (Å²) in [6, 6.07) is 0. The minimum Gasteiger partial charge on any atom is -0.394 e. The molecule has 1 rings (SSSR count). The van der Waals surface area contributed by atoms with E-state index >= 15 is 0 Å². The molecule has 0 atom stereocenters. The Labute approximate surface area is 101 Å². The third-order valence-corrected chi connectivity index (χ3v) is 2.34. The summed E-state index contributed by atoms with van der Waals surface area (Å²) in [7, 11) is 0. The highest BCUT2D eigenvalue weighted by atomic mass is 35.5. The van der Waals surface area contributed by atoms with Gasteiger partial charge in [0, 0.05) is 19.7 Å². The van der Waals surface area contributed by atoms with Crippen LogP contribution in [0.5, 0.6) is 0 Å². The first-order valence-electron chi connectivity index (χ1n) is 5.29. The molecule has 6 heteroatoms. The Kier molecular flexibility index (Phi) is 5.28. The summed E-state index contributed by atoms with van der Waals surface area (Å²) in [6.45, 7) is 6.88. The minimum absolute atomic E-state index is 0.207. The fraction of sp³-hybridized carbons (Fsp3) is 0.600. The monoisotopic (exact) mass is 244 g/mol. The zero-order valence-electron chi connectivity index (χ0n) is 9.61. The van der Waals surface area contributed by atoms with Crippen molar-refractivity contribution in [2.45, 2.75) is 13.8 Å². The molecule has 0 spiro atoms. The maximum atomic E-state index is 5.80. The van der Waals surface area contributed by atoms with Crippen LogP contribution in [0.25, 0.3) is 0 Å². The predicted molar refractivity (Wildman–Crippen MR) is 65.8 cm³/mol. The lowest BCUT2D eigenvalue weighted by atomic mass is 10.4. The molecule has 0 amide bonds. The SMILES string of the molecule is CCOCCN(CC)c1nc(Cl)ncc1N. The number of hydrogen-bond acceptors (Lipinski definition) is 5. The van der Waals surface area contributed by atoms with Crippen molar-refractivity contribution < 1.29 is 4.74 Å². The summed E-state index contributed by atoms with van der Waals surface area (Å²) in [5.41, 5.74) is 6.33. The van der Waals surface area contributed by atoms with Crippen molar-refractivity contribution in [3.8, 4) is 0 Å². The average Bonchev–Trinajstić information content (AvgIpc) is 2.28. The van der Waals surface area contributed by atoms with E-state index in [1.807, 2.05) is 18.7 Å². The van der Waals surface area contributed by atoms with Crippen molar-refractivity contribution >= 4 is 23.1 Å². The van der Waals surface area contributed by atoms with Crippen LogP contribution >= 0.6 is 11.6 Å². The van der Waals surface area contributed by atoms with E-state index in [1.54, 1.807) is 0 Å². The number of anilines is 2. The first-order valence-corrected chi connectivity index (χ1v) is 5.67. The van der Waals surface area contributed by atoms with Crippen LogP contribution in [0, 0.1) is 0 Å². The fourth-order valence-corrected chi connectivity index (χ4v) is 1.48. The van der Waals surface area contributed by atoms with Crippen molar-refractivity contribution in [1.82, 2.24) is 9.97 Å². The van der Waals surface area contributed by atoms with E-state index in [9.17, 15) is 0 Å². The molecule has 1 aromatic heterocycles. The van der Waals surface area contributed by atoms with Gasteiger partial charge in [0.25, 0.3) is 0 Å². The first-order chi connectivity index (χ1) is 7.69. The third kappa shape index (κ3) is 3.50. The van der Waals surface area contributed by atoms with E-state index in [2.05, 4.69) is 9.97 Å². The van der Waals surface area contributed by atoms with Crippen molar-refractivity contribution in [3.63, 3.8) is 0 Å². The van der Waals surface area contributed by atoms with Crippen LogP contribution in [-0.4, -0.2) is 36.3 Å². The lowest BCUT2D eigenvalue weighted by Crippen LogP contribution is -2.29. The number of nitrogens with zero attached hydrogens (tertiary/aromatic N) is 3. The van der Waals surface area contributed by atoms with Crippen LogP contribution in [0.4, 0.5) is 11.5 Å². The van der Waals surface area contributed by atoms with Crippen LogP contribution in [0.3, 0.4) is 0 Å². The second-order valence-corrected chi connectivity index (χ2v) is 3.53. The van der Waals surface area contributed by atoms with E-state index in [0.29, 0.717) is 24.7 Å². The molecule has 0 aromatic carbocycles. The minimum atomic E-state index is 0.207. The lowest BCUT2D eigenvalue weighted by molar-refractivity contribution is 0.154. The van der Waals surface area contributed by atoms with Gasteiger partial charge in [0.05, 0.1) is 18.5 Å². The highest BCUT2D eigenvalue weighted by Gasteiger charge is 2.10. The Morgan fingerprint density at radius 1 is 1.50 bits per heavy atom. The molecule has 0 saturated carbocycles. The molecule has 16 heavy (non-hydrogen) atoms. The highest BCUT2D eigenvalue weighted by molar-refractivity contribution is 6.28. The molecular weight excluding hydrogens is 228 g/mol. The number of ether oxygens (including phenoxy) is 1. The van der Waals surface area contributed by atoms with Crippen molar-refractivity contribution in [1.29, 1.82) is 0 Å². The topological polar surface area (TPSA) is 64.3 Å². The summed E-state index contributed by atoms with van der Waals surface area (Å²) in [4.78, 5) is 9.96. The lowest BCUT2D eigenvalue weighted by Gasteiger charge is -2.22. The second kappa shape index (κ2) is 6.50. The molecular formula is C10H17ClN4O. The molecule has 0 aliphatic rings. The Morgan fingerprint density at radius 2 is 2.25 bits per heavy atom. The van der Waals surface area contributed by atoms with Crippen molar-refractivity contribution in [2.24, 2.45) is 0 Å². The molecule has 90 valence electrons. The van der Waals surface area contributed by atoms with Crippen LogP contribution in [0.15, 0.2) is 6.20 Å². The van der Waals surface area contributed by atoms with Gasteiger partial charge in [-0.25, -0.2) is 4.98 Å². The van der Waals surface area contributed by atoms with E-state index in [4.69, 9.17) is 22.1 Å². The summed E-state index contributed by atoms with van der Waals surface area (Å²) in [5, 5.41) is 0.207. The molecule has 0 unspecified atom stereocenters. The van der Waals surface area contributed by atoms with Gasteiger partial charge in [-0.15, -0.1) is 0 Å². The van der Waals surface area contributed by atoms with E-state index in [1.165, 1.54) is 6.20 Å². The Bertz CT molecular complexity index is 335. The molecule has 2 N–H and O–H groups in total. The van der Waals surface area contributed by atoms with Crippen LogP contribution in [-0.2, 0) is 4.74 Å². The molecule has 5 nitrogen and oxygen atoms in total. The fourth-order valence-electron chi connectivity index (χ4n) is 1.35. The van der Waals surface area contributed by atoms with Gasteiger partial charge in [-0.2, -0.15) is 4.98 Å². The van der Waals surface area contributed by atoms with E-state index < -0.39 is 0 Å². The van der Waals surface area contributed by atoms with Crippen LogP contribution < -0.4 is 10.6 Å². The normalized spacial score (nSPS) is 10.4. The van der Waals surface area contributed by atoms with Crippen LogP contribution in [0.1, 0.15) is 13.8 Å². The smallest absolute Gasteiger partial charge is 0.224 e. The molecule has 1 heterocycles. The molecule has 0 saturated heterocycles. The first kappa shape index (κ1) is 13.0. The Balaban J connectivity index is 2.73. The summed E-state index contributed by atoms with van der Waals surface area (Å²) in [5.74, 6) is 0.669. The van der Waals surface area contributed by atoms with Gasteiger partial charge in [0.2, 0.25) is 5.28 Å². The van der Waals surface area contributed by atoms with Gasteiger partial charge in [-0.05, 0) is 25.4 Å². The Morgan fingerprint density at radius 3 is 2.88 bits per heavy atom. The Hall–Kier alpha value is -1.07. The quantitative estimate of drug-likeness (QED) is 0.608. The average molecular weight is 245 g/mol. The maximum absolute atomic E-state index is 5.80. The zero-order valence-corrected chi connectivity index (χ0v) is 10.4. The maximum Gasteiger partial charge on any atom is 0.224 e. The van der Waals surface area contributed by atoms with Crippen molar-refractivity contribution in [2.75, 3.05) is 36.9 Å². The molecule has 0 fully saturated rings. The molecule has 0 aliphatic carbocycles. The van der Waals surface area contributed by atoms with Gasteiger partial charge >= 0.3 is 0 Å². The number of likely N-dealkylation sites (N-methyl/N-ethyl adjacent to an activating group) is 1. The van der Waals surface area contributed by atoms with E-state index in [-0.39, 0.29) is 5.28 Å². The standard InChI is InChI=1S/C10H17ClN4O/c1-3-15(5-6-16-4-2)9-8(12)7-13-10(11)14-9/h7H,3-6,12H2,1-2H3. The summed E-state index contributed by atoms with van der Waals surface area (Å²) < 4.78 is 5.30. The number of nitrogen functional groups attached to an aromatic ring is 1. The van der Waals surface area contributed by atoms with E-state index in [0.717, 1.165) is 13.1 Å². The number of aromatic nitrogens is 2. The molecule has 1 aromatic rings. The summed E-state index contributed by atoms with van der Waals surface area (Å²) in [6.07, 6.45) is 1.52. The van der Waals surface area contributed by atoms with Gasteiger partial charge in [-0.3, -0.25) is 0 Å².